The van der Waals surface area contributed by atoms with Crippen LogP contribution in [0.3, 0.4) is 0 Å². The summed E-state index contributed by atoms with van der Waals surface area (Å²) in [5, 5.41) is 7.84. The maximum atomic E-state index is 11.3. The third-order valence-corrected chi connectivity index (χ3v) is 3.00. The molecule has 0 atom stereocenters. The smallest absolute Gasteiger partial charge is 0.337 e. The lowest BCUT2D eigenvalue weighted by Crippen LogP contribution is -1.97. The van der Waals surface area contributed by atoms with Crippen LogP contribution in [0.15, 0.2) is 39.5 Å². The molecule has 0 saturated heterocycles. The molecule has 0 bridgehead atoms. The van der Waals surface area contributed by atoms with Crippen LogP contribution in [-0.2, 0) is 0 Å². The summed E-state index contributed by atoms with van der Waals surface area (Å²) in [5.41, 5.74) is 3.96. The second-order valence-corrected chi connectivity index (χ2v) is 4.39. The van der Waals surface area contributed by atoms with E-state index >= 15 is 0 Å². The molecule has 18 heavy (non-hydrogen) atoms. The van der Waals surface area contributed by atoms with E-state index in [1.807, 2.05) is 38.1 Å². The number of hydrogen-bond donors (Lipinski definition) is 1. The molecular formula is C14H12N2O2. The van der Waals surface area contributed by atoms with Crippen LogP contribution >= 0.6 is 0 Å². The Balaban J connectivity index is 2.30. The second-order valence-electron chi connectivity index (χ2n) is 4.39. The molecule has 0 radical (unpaired) electrons. The van der Waals surface area contributed by atoms with Crippen LogP contribution in [0.4, 0.5) is 0 Å². The molecule has 3 aromatic rings. The SMILES string of the molecule is Cc1ccc(-c2[nH]nc3oc(=O)cc(C)c23)cc1. The maximum Gasteiger partial charge on any atom is 0.337 e. The standard InChI is InChI=1S/C14H12N2O2/c1-8-3-5-10(6-4-8)13-12-9(2)7-11(17)18-14(12)16-15-13/h3-7H,1-2H3,(H,15,16). The van der Waals surface area contributed by atoms with E-state index in [2.05, 4.69) is 10.2 Å². The molecule has 90 valence electrons. The Morgan fingerprint density at radius 1 is 1.17 bits per heavy atom. The summed E-state index contributed by atoms with van der Waals surface area (Å²) in [4.78, 5) is 11.3. The average Bonchev–Trinajstić information content (AvgIpc) is 2.74. The minimum absolute atomic E-state index is 0.357. The van der Waals surface area contributed by atoms with Gasteiger partial charge in [-0.05, 0) is 19.4 Å². The van der Waals surface area contributed by atoms with Crippen molar-refractivity contribution in [1.82, 2.24) is 10.2 Å². The van der Waals surface area contributed by atoms with Crippen molar-refractivity contribution in [3.63, 3.8) is 0 Å². The first-order valence-corrected chi connectivity index (χ1v) is 5.71. The molecule has 0 unspecified atom stereocenters. The molecule has 4 nitrogen and oxygen atoms in total. The summed E-state index contributed by atoms with van der Waals surface area (Å²) in [6.07, 6.45) is 0. The van der Waals surface area contributed by atoms with Crippen LogP contribution in [0, 0.1) is 13.8 Å². The van der Waals surface area contributed by atoms with Gasteiger partial charge in [-0.3, -0.25) is 5.10 Å². The Morgan fingerprint density at radius 3 is 2.61 bits per heavy atom. The fraction of sp³-hybridized carbons (Fsp3) is 0.143. The molecule has 0 aliphatic heterocycles. The van der Waals surface area contributed by atoms with Gasteiger partial charge in [0.1, 0.15) is 0 Å². The van der Waals surface area contributed by atoms with Crippen LogP contribution in [0.25, 0.3) is 22.4 Å². The van der Waals surface area contributed by atoms with Crippen molar-refractivity contribution in [2.75, 3.05) is 0 Å². The molecule has 0 saturated carbocycles. The van der Waals surface area contributed by atoms with E-state index in [0.717, 1.165) is 22.2 Å². The van der Waals surface area contributed by atoms with Crippen molar-refractivity contribution >= 4 is 11.1 Å². The predicted octanol–water partition coefficient (Wildman–Crippen LogP) is 2.80. The third-order valence-electron chi connectivity index (χ3n) is 3.00. The van der Waals surface area contributed by atoms with Gasteiger partial charge in [-0.2, -0.15) is 0 Å². The highest BCUT2D eigenvalue weighted by Crippen LogP contribution is 2.27. The summed E-state index contributed by atoms with van der Waals surface area (Å²) in [6, 6.07) is 9.60. The number of nitrogens with zero attached hydrogens (tertiary/aromatic N) is 1. The number of nitrogens with one attached hydrogen (secondary N) is 1. The van der Waals surface area contributed by atoms with Gasteiger partial charge in [-0.15, -0.1) is 5.10 Å². The molecule has 0 aliphatic rings. The summed E-state index contributed by atoms with van der Waals surface area (Å²) < 4.78 is 5.07. The van der Waals surface area contributed by atoms with Gasteiger partial charge in [0.25, 0.3) is 0 Å². The van der Waals surface area contributed by atoms with Crippen molar-refractivity contribution in [3.05, 3.63) is 51.9 Å². The zero-order valence-corrected chi connectivity index (χ0v) is 10.2. The number of H-pyrrole nitrogens is 1. The number of benzene rings is 1. The van der Waals surface area contributed by atoms with Gasteiger partial charge < -0.3 is 4.42 Å². The highest BCUT2D eigenvalue weighted by molar-refractivity contribution is 5.92. The highest BCUT2D eigenvalue weighted by atomic mass is 16.4. The first-order valence-electron chi connectivity index (χ1n) is 5.71. The predicted molar refractivity (Wildman–Crippen MR) is 69.5 cm³/mol. The molecule has 3 rings (SSSR count). The minimum atomic E-state index is -0.373. The topological polar surface area (TPSA) is 58.9 Å². The van der Waals surface area contributed by atoms with Crippen LogP contribution < -0.4 is 5.63 Å². The largest absolute Gasteiger partial charge is 0.402 e. The fourth-order valence-electron chi connectivity index (χ4n) is 2.07. The van der Waals surface area contributed by atoms with Gasteiger partial charge in [0.2, 0.25) is 5.71 Å². The van der Waals surface area contributed by atoms with E-state index in [4.69, 9.17) is 4.42 Å². The van der Waals surface area contributed by atoms with E-state index in [1.54, 1.807) is 0 Å². The molecule has 0 amide bonds. The second kappa shape index (κ2) is 3.84. The maximum absolute atomic E-state index is 11.3. The molecule has 2 heterocycles. The number of fused-ring (bicyclic) bond motifs is 1. The molecule has 0 spiro atoms. The van der Waals surface area contributed by atoms with Gasteiger partial charge in [0.15, 0.2) is 0 Å². The lowest BCUT2D eigenvalue weighted by Gasteiger charge is -2.01. The molecular weight excluding hydrogens is 228 g/mol. The first-order chi connectivity index (χ1) is 8.65. The van der Waals surface area contributed by atoms with Crippen LogP contribution in [0.5, 0.6) is 0 Å². The van der Waals surface area contributed by atoms with Gasteiger partial charge in [-0.1, -0.05) is 29.8 Å². The number of aromatic amines is 1. The summed E-state index contributed by atoms with van der Waals surface area (Å²) in [6.45, 7) is 3.92. The fourth-order valence-corrected chi connectivity index (χ4v) is 2.07. The van der Waals surface area contributed by atoms with Crippen LogP contribution in [-0.4, -0.2) is 10.2 Å². The molecule has 1 aromatic carbocycles. The van der Waals surface area contributed by atoms with E-state index in [0.29, 0.717) is 5.71 Å². The minimum Gasteiger partial charge on any atom is -0.402 e. The van der Waals surface area contributed by atoms with Crippen LogP contribution in [0.1, 0.15) is 11.1 Å². The summed E-state index contributed by atoms with van der Waals surface area (Å²) in [7, 11) is 0. The van der Waals surface area contributed by atoms with Gasteiger partial charge in [0.05, 0.1) is 11.1 Å². The molecule has 2 aromatic heterocycles. The zero-order chi connectivity index (χ0) is 12.7. The van der Waals surface area contributed by atoms with E-state index in [1.165, 1.54) is 11.6 Å². The Morgan fingerprint density at radius 2 is 1.89 bits per heavy atom. The number of aryl methyl sites for hydroxylation is 2. The van der Waals surface area contributed by atoms with Crippen molar-refractivity contribution < 1.29 is 4.42 Å². The monoisotopic (exact) mass is 240 g/mol. The average molecular weight is 240 g/mol. The third kappa shape index (κ3) is 1.62. The molecule has 0 fully saturated rings. The quantitative estimate of drug-likeness (QED) is 0.711. The normalized spacial score (nSPS) is 11.0. The molecule has 0 aliphatic carbocycles. The van der Waals surface area contributed by atoms with Gasteiger partial charge >= 0.3 is 5.63 Å². The van der Waals surface area contributed by atoms with Crippen molar-refractivity contribution in [2.45, 2.75) is 13.8 Å². The Kier molecular flexibility index (Phi) is 2.30. The van der Waals surface area contributed by atoms with E-state index in [9.17, 15) is 4.79 Å². The molecule has 4 heteroatoms. The summed E-state index contributed by atoms with van der Waals surface area (Å²) in [5.74, 6) is 0. The molecule has 1 N–H and O–H groups in total. The van der Waals surface area contributed by atoms with Crippen molar-refractivity contribution in [3.8, 4) is 11.3 Å². The Hall–Kier alpha value is -2.36. The Labute approximate surface area is 103 Å². The number of hydrogen-bond acceptors (Lipinski definition) is 3. The highest BCUT2D eigenvalue weighted by Gasteiger charge is 2.12. The lowest BCUT2D eigenvalue weighted by molar-refractivity contribution is 0.547. The van der Waals surface area contributed by atoms with E-state index in [-0.39, 0.29) is 5.63 Å². The summed E-state index contributed by atoms with van der Waals surface area (Å²) >= 11 is 0. The van der Waals surface area contributed by atoms with Crippen LogP contribution in [0.2, 0.25) is 0 Å². The lowest BCUT2D eigenvalue weighted by atomic mass is 10.1. The number of aromatic nitrogens is 2. The zero-order valence-electron chi connectivity index (χ0n) is 10.2. The first kappa shape index (κ1) is 10.8. The number of rotatable bonds is 1. The van der Waals surface area contributed by atoms with E-state index < -0.39 is 0 Å². The van der Waals surface area contributed by atoms with Crippen molar-refractivity contribution in [2.24, 2.45) is 0 Å². The Bertz CT molecular complexity index is 767. The van der Waals surface area contributed by atoms with Gasteiger partial charge in [-0.25, -0.2) is 4.79 Å². The van der Waals surface area contributed by atoms with Crippen molar-refractivity contribution in [1.29, 1.82) is 0 Å². The van der Waals surface area contributed by atoms with Gasteiger partial charge in [0, 0.05) is 11.6 Å².